The van der Waals surface area contributed by atoms with Crippen LogP contribution in [0.15, 0.2) is 18.2 Å². The van der Waals surface area contributed by atoms with Crippen molar-refractivity contribution < 1.29 is 14.3 Å². The molecule has 0 aliphatic rings. The summed E-state index contributed by atoms with van der Waals surface area (Å²) in [6, 6.07) is 5.47. The molecule has 0 aliphatic carbocycles. The molecule has 0 radical (unpaired) electrons. The van der Waals surface area contributed by atoms with E-state index >= 15 is 0 Å². The highest BCUT2D eigenvalue weighted by atomic mass is 35.5. The first-order chi connectivity index (χ1) is 9.17. The van der Waals surface area contributed by atoms with Gasteiger partial charge in [0.2, 0.25) is 0 Å². The Morgan fingerprint density at radius 3 is 2.89 bits per heavy atom. The van der Waals surface area contributed by atoms with Gasteiger partial charge in [-0.25, -0.2) is 0 Å². The number of hydrogen-bond acceptors (Lipinski definition) is 4. The van der Waals surface area contributed by atoms with Crippen molar-refractivity contribution in [2.75, 3.05) is 20.3 Å². The first kappa shape index (κ1) is 15.8. The largest absolute Gasteiger partial charge is 0.493 e. The SMILES string of the molecule is CCCNCc1cc(Cl)ccc1OCCC(=O)OC. The molecule has 5 heteroatoms. The molecular weight excluding hydrogens is 266 g/mol. The van der Waals surface area contributed by atoms with Crippen molar-refractivity contribution in [3.8, 4) is 5.75 Å². The third kappa shape index (κ3) is 5.94. The van der Waals surface area contributed by atoms with Crippen LogP contribution in [0.25, 0.3) is 0 Å². The van der Waals surface area contributed by atoms with Crippen molar-refractivity contribution in [2.45, 2.75) is 26.3 Å². The minimum atomic E-state index is -0.278. The third-order valence-electron chi connectivity index (χ3n) is 2.56. The number of methoxy groups -OCH3 is 1. The minimum Gasteiger partial charge on any atom is -0.493 e. The Morgan fingerprint density at radius 1 is 1.42 bits per heavy atom. The molecule has 0 amide bonds. The maximum atomic E-state index is 11.0. The summed E-state index contributed by atoms with van der Waals surface area (Å²) in [4.78, 5) is 11.0. The zero-order valence-corrected chi connectivity index (χ0v) is 12.1. The molecular formula is C14H20ClNO3. The number of carbonyl (C=O) groups excluding carboxylic acids is 1. The van der Waals surface area contributed by atoms with Gasteiger partial charge in [-0.1, -0.05) is 18.5 Å². The van der Waals surface area contributed by atoms with Crippen LogP contribution < -0.4 is 10.1 Å². The molecule has 0 aliphatic heterocycles. The van der Waals surface area contributed by atoms with Crippen LogP contribution in [0.3, 0.4) is 0 Å². The minimum absolute atomic E-state index is 0.237. The quantitative estimate of drug-likeness (QED) is 0.589. The van der Waals surface area contributed by atoms with Gasteiger partial charge in [-0.05, 0) is 31.2 Å². The Kier molecular flexibility index (Phi) is 7.30. The van der Waals surface area contributed by atoms with E-state index in [0.29, 0.717) is 18.2 Å². The molecule has 1 aromatic carbocycles. The molecule has 4 nitrogen and oxygen atoms in total. The van der Waals surface area contributed by atoms with E-state index in [4.69, 9.17) is 16.3 Å². The van der Waals surface area contributed by atoms with E-state index in [0.717, 1.165) is 24.3 Å². The normalized spacial score (nSPS) is 10.3. The molecule has 0 bridgehead atoms. The topological polar surface area (TPSA) is 47.6 Å². The summed E-state index contributed by atoms with van der Waals surface area (Å²) in [5, 5.41) is 3.97. The first-order valence-electron chi connectivity index (χ1n) is 6.36. The van der Waals surface area contributed by atoms with Gasteiger partial charge in [0.15, 0.2) is 0 Å². The fraction of sp³-hybridized carbons (Fsp3) is 0.500. The molecule has 0 unspecified atom stereocenters. The highest BCUT2D eigenvalue weighted by Crippen LogP contribution is 2.23. The lowest BCUT2D eigenvalue weighted by Crippen LogP contribution is -2.15. The predicted molar refractivity (Wildman–Crippen MR) is 75.6 cm³/mol. The monoisotopic (exact) mass is 285 g/mol. The Balaban J connectivity index is 2.57. The van der Waals surface area contributed by atoms with Crippen LogP contribution in [-0.4, -0.2) is 26.2 Å². The lowest BCUT2D eigenvalue weighted by atomic mass is 10.2. The average Bonchev–Trinajstić information content (AvgIpc) is 2.41. The van der Waals surface area contributed by atoms with Gasteiger partial charge in [0.25, 0.3) is 0 Å². The third-order valence-corrected chi connectivity index (χ3v) is 2.79. The number of carbonyl (C=O) groups is 1. The van der Waals surface area contributed by atoms with Gasteiger partial charge in [0, 0.05) is 17.1 Å². The predicted octanol–water partition coefficient (Wildman–Crippen LogP) is 2.78. The van der Waals surface area contributed by atoms with Gasteiger partial charge in [-0.15, -0.1) is 0 Å². The summed E-state index contributed by atoms with van der Waals surface area (Å²) in [5.74, 6) is 0.469. The summed E-state index contributed by atoms with van der Waals surface area (Å²) < 4.78 is 10.2. The van der Waals surface area contributed by atoms with Crippen molar-refractivity contribution in [3.05, 3.63) is 28.8 Å². The van der Waals surface area contributed by atoms with Gasteiger partial charge in [-0.2, -0.15) is 0 Å². The van der Waals surface area contributed by atoms with E-state index in [1.165, 1.54) is 7.11 Å². The summed E-state index contributed by atoms with van der Waals surface area (Å²) in [6.07, 6.45) is 1.31. The van der Waals surface area contributed by atoms with E-state index in [2.05, 4.69) is 17.0 Å². The molecule has 1 N–H and O–H groups in total. The standard InChI is InChI=1S/C14H20ClNO3/c1-3-7-16-10-11-9-12(15)4-5-13(11)19-8-6-14(17)18-2/h4-5,9,16H,3,6-8,10H2,1-2H3. The van der Waals surface area contributed by atoms with E-state index in [1.54, 1.807) is 6.07 Å². The molecule has 1 aromatic rings. The molecule has 0 spiro atoms. The van der Waals surface area contributed by atoms with Crippen LogP contribution in [0.2, 0.25) is 5.02 Å². The number of nitrogens with one attached hydrogen (secondary N) is 1. The van der Waals surface area contributed by atoms with Gasteiger partial charge >= 0.3 is 5.97 Å². The fourth-order valence-electron chi connectivity index (χ4n) is 1.57. The second kappa shape index (κ2) is 8.77. The van der Waals surface area contributed by atoms with Crippen molar-refractivity contribution in [1.29, 1.82) is 0 Å². The summed E-state index contributed by atoms with van der Waals surface area (Å²) >= 11 is 5.98. The van der Waals surface area contributed by atoms with Crippen LogP contribution in [0.4, 0.5) is 0 Å². The smallest absolute Gasteiger partial charge is 0.308 e. The number of benzene rings is 1. The molecule has 0 fully saturated rings. The average molecular weight is 286 g/mol. The van der Waals surface area contributed by atoms with E-state index in [-0.39, 0.29) is 12.4 Å². The summed E-state index contributed by atoms with van der Waals surface area (Å²) in [7, 11) is 1.37. The fourth-order valence-corrected chi connectivity index (χ4v) is 1.77. The number of rotatable bonds is 8. The molecule has 106 valence electrons. The molecule has 19 heavy (non-hydrogen) atoms. The molecule has 0 heterocycles. The van der Waals surface area contributed by atoms with Crippen LogP contribution in [-0.2, 0) is 16.1 Å². The van der Waals surface area contributed by atoms with E-state index in [9.17, 15) is 4.79 Å². The van der Waals surface area contributed by atoms with Crippen molar-refractivity contribution in [1.82, 2.24) is 5.32 Å². The van der Waals surface area contributed by atoms with Gasteiger partial charge in [-0.3, -0.25) is 4.79 Å². The van der Waals surface area contributed by atoms with Gasteiger partial charge in [0.1, 0.15) is 5.75 Å². The van der Waals surface area contributed by atoms with Crippen molar-refractivity contribution in [3.63, 3.8) is 0 Å². The second-order valence-corrected chi connectivity index (χ2v) is 4.54. The zero-order valence-electron chi connectivity index (χ0n) is 11.4. The Bertz CT molecular complexity index is 410. The Morgan fingerprint density at radius 2 is 2.21 bits per heavy atom. The van der Waals surface area contributed by atoms with Gasteiger partial charge in [0.05, 0.1) is 20.1 Å². The molecule has 0 atom stereocenters. The summed E-state index contributed by atoms with van der Waals surface area (Å²) in [5.41, 5.74) is 0.991. The lowest BCUT2D eigenvalue weighted by molar-refractivity contribution is -0.141. The van der Waals surface area contributed by atoms with Crippen LogP contribution >= 0.6 is 11.6 Å². The Labute approximate surface area is 119 Å². The Hall–Kier alpha value is -1.26. The molecule has 0 saturated carbocycles. The van der Waals surface area contributed by atoms with Crippen LogP contribution in [0.5, 0.6) is 5.75 Å². The second-order valence-electron chi connectivity index (χ2n) is 4.10. The number of ether oxygens (including phenoxy) is 2. The molecule has 0 saturated heterocycles. The molecule has 1 rings (SSSR count). The maximum Gasteiger partial charge on any atom is 0.308 e. The van der Waals surface area contributed by atoms with E-state index in [1.807, 2.05) is 12.1 Å². The van der Waals surface area contributed by atoms with E-state index < -0.39 is 0 Å². The van der Waals surface area contributed by atoms with Crippen LogP contribution in [0, 0.1) is 0 Å². The first-order valence-corrected chi connectivity index (χ1v) is 6.74. The zero-order chi connectivity index (χ0) is 14.1. The number of halogens is 1. The van der Waals surface area contributed by atoms with Crippen molar-refractivity contribution >= 4 is 17.6 Å². The van der Waals surface area contributed by atoms with Gasteiger partial charge < -0.3 is 14.8 Å². The maximum absolute atomic E-state index is 11.0. The lowest BCUT2D eigenvalue weighted by Gasteiger charge is -2.12. The van der Waals surface area contributed by atoms with Crippen LogP contribution in [0.1, 0.15) is 25.3 Å². The van der Waals surface area contributed by atoms with Crippen molar-refractivity contribution in [2.24, 2.45) is 0 Å². The highest BCUT2D eigenvalue weighted by Gasteiger charge is 2.06. The summed E-state index contributed by atoms with van der Waals surface area (Å²) in [6.45, 7) is 4.05. The number of hydrogen-bond donors (Lipinski definition) is 1. The molecule has 0 aromatic heterocycles. The number of esters is 1. The highest BCUT2D eigenvalue weighted by molar-refractivity contribution is 6.30.